The number of hydrogen-bond acceptors (Lipinski definition) is 9. The first-order valence-electron chi connectivity index (χ1n) is 9.84. The number of nitrogens with one attached hydrogen (secondary N) is 1. The van der Waals surface area contributed by atoms with E-state index in [0.29, 0.717) is 29.9 Å². The van der Waals surface area contributed by atoms with Gasteiger partial charge in [0.25, 0.3) is 0 Å². The molecule has 5 atom stereocenters. The summed E-state index contributed by atoms with van der Waals surface area (Å²) in [5.74, 6) is -0.485. The van der Waals surface area contributed by atoms with E-state index in [9.17, 15) is 4.79 Å². The Kier molecular flexibility index (Phi) is 5.26. The van der Waals surface area contributed by atoms with Crippen LogP contribution in [0.5, 0.6) is 0 Å². The number of hydrogen-bond donors (Lipinski definition) is 3. The third-order valence-corrected chi connectivity index (χ3v) is 5.46. The van der Waals surface area contributed by atoms with Gasteiger partial charge in [-0.25, -0.2) is 19.7 Å². The number of likely N-dealkylation sites (N-methyl/N-ethyl adjacent to an activating group) is 1. The van der Waals surface area contributed by atoms with Crippen LogP contribution in [0.3, 0.4) is 0 Å². The zero-order valence-corrected chi connectivity index (χ0v) is 17.3. The molecule has 12 nitrogen and oxygen atoms in total. The van der Waals surface area contributed by atoms with Crippen molar-refractivity contribution >= 4 is 23.1 Å². The second-order valence-corrected chi connectivity index (χ2v) is 8.03. The average Bonchev–Trinajstić information content (AvgIpc) is 3.32. The number of nitrogens with two attached hydrogens (primary N) is 1. The van der Waals surface area contributed by atoms with Crippen molar-refractivity contribution in [3.63, 3.8) is 0 Å². The zero-order chi connectivity index (χ0) is 21.6. The van der Waals surface area contributed by atoms with Crippen LogP contribution >= 0.6 is 0 Å². The third-order valence-electron chi connectivity index (χ3n) is 5.46. The maximum absolute atomic E-state index is 11.1. The molecule has 0 aliphatic carbocycles. The molecule has 0 aromatic carbocycles. The fraction of sp³-hybridized carbons (Fsp3) is 0.667. The third kappa shape index (κ3) is 3.67. The lowest BCUT2D eigenvalue weighted by Gasteiger charge is -2.31. The first-order valence-corrected chi connectivity index (χ1v) is 9.84. The lowest BCUT2D eigenvalue weighted by atomic mass is 10.1. The summed E-state index contributed by atoms with van der Waals surface area (Å²) in [5, 5.41) is 11.6. The van der Waals surface area contributed by atoms with E-state index in [0.717, 1.165) is 0 Å². The Bertz CT molecular complexity index is 935. The minimum absolute atomic E-state index is 0.291. The average molecular weight is 421 g/mol. The Labute approximate surface area is 173 Å². The van der Waals surface area contributed by atoms with Crippen LogP contribution in [0.4, 0.5) is 10.6 Å². The van der Waals surface area contributed by atoms with Gasteiger partial charge in [0.05, 0.1) is 12.5 Å². The molecule has 0 saturated carbocycles. The largest absolute Gasteiger partial charge is 0.465 e. The summed E-state index contributed by atoms with van der Waals surface area (Å²) in [6.07, 6.45) is 0.575. The maximum atomic E-state index is 11.1. The van der Waals surface area contributed by atoms with Gasteiger partial charge in [0, 0.05) is 6.54 Å². The lowest BCUT2D eigenvalue weighted by Crippen LogP contribution is -2.49. The number of aromatic nitrogens is 4. The van der Waals surface area contributed by atoms with E-state index in [1.165, 1.54) is 6.33 Å². The highest BCUT2D eigenvalue weighted by Crippen LogP contribution is 2.44. The van der Waals surface area contributed by atoms with Gasteiger partial charge in [-0.1, -0.05) is 6.92 Å². The van der Waals surface area contributed by atoms with Gasteiger partial charge in [0.1, 0.15) is 30.2 Å². The normalized spacial score (nSPS) is 28.7. The van der Waals surface area contributed by atoms with Crippen LogP contribution in [0.1, 0.15) is 33.4 Å². The summed E-state index contributed by atoms with van der Waals surface area (Å²) >= 11 is 0. The van der Waals surface area contributed by atoms with Gasteiger partial charge in [-0.05, 0) is 27.3 Å². The summed E-state index contributed by atoms with van der Waals surface area (Å²) in [6.45, 7) is 6.07. The number of imidazole rings is 1. The molecule has 2 aromatic rings. The molecule has 0 spiro atoms. The highest BCUT2D eigenvalue weighted by Gasteiger charge is 2.56. The van der Waals surface area contributed by atoms with Crippen molar-refractivity contribution in [2.24, 2.45) is 0 Å². The van der Waals surface area contributed by atoms with Gasteiger partial charge < -0.3 is 30.4 Å². The molecule has 4 rings (SSSR count). The van der Waals surface area contributed by atoms with E-state index in [4.69, 9.17) is 25.1 Å². The van der Waals surface area contributed by atoms with Crippen molar-refractivity contribution in [3.8, 4) is 0 Å². The number of nitrogen functional groups attached to an aromatic ring is 1. The highest BCUT2D eigenvalue weighted by molar-refractivity contribution is 5.81. The number of ether oxygens (including phenoxy) is 3. The van der Waals surface area contributed by atoms with Gasteiger partial charge in [-0.15, -0.1) is 0 Å². The van der Waals surface area contributed by atoms with Crippen LogP contribution in [-0.4, -0.2) is 79.5 Å². The van der Waals surface area contributed by atoms with Crippen LogP contribution in [0.25, 0.3) is 11.2 Å². The number of fused-ring (bicyclic) bond motifs is 2. The fourth-order valence-corrected chi connectivity index (χ4v) is 4.16. The molecule has 2 aliphatic rings. The van der Waals surface area contributed by atoms with Crippen molar-refractivity contribution in [2.75, 3.05) is 19.3 Å². The molecular formula is C18H27N7O5. The minimum atomic E-state index is -1.07. The number of anilines is 1. The van der Waals surface area contributed by atoms with E-state index in [-0.39, 0.29) is 24.5 Å². The van der Waals surface area contributed by atoms with Crippen LogP contribution in [0.15, 0.2) is 12.7 Å². The van der Waals surface area contributed by atoms with Gasteiger partial charge in [0.2, 0.25) is 0 Å². The van der Waals surface area contributed by atoms with E-state index in [1.54, 1.807) is 10.9 Å². The molecule has 30 heavy (non-hydrogen) atoms. The Morgan fingerprint density at radius 2 is 2.10 bits per heavy atom. The number of carboxylic acid groups (broad SMARTS) is 1. The second kappa shape index (κ2) is 7.61. The molecule has 1 amide bonds. The van der Waals surface area contributed by atoms with Crippen LogP contribution in [-0.2, 0) is 14.2 Å². The summed E-state index contributed by atoms with van der Waals surface area (Å²) in [5.41, 5.74) is 6.96. The summed E-state index contributed by atoms with van der Waals surface area (Å²) in [4.78, 5) is 25.6. The van der Waals surface area contributed by atoms with Crippen molar-refractivity contribution in [3.05, 3.63) is 12.7 Å². The number of carbonyl (C=O) groups is 1. The van der Waals surface area contributed by atoms with Gasteiger partial charge >= 0.3 is 6.09 Å². The standard InChI is InChI=1S/C18H27N7O5/c1-5-10(23-17(26)27)24(4)6-9-12-13(30-18(2,3)29-12)16(28-9)25-8-22-11-14(19)20-7-21-15(11)25/h7-10,12-13,16,23H,5-6H2,1-4H3,(H,26,27)(H2,19,20,21)/t9-,10?,12-,13-,16-/m1/s1. The number of rotatable bonds is 6. The minimum Gasteiger partial charge on any atom is -0.465 e. The maximum Gasteiger partial charge on any atom is 0.405 e. The van der Waals surface area contributed by atoms with Crippen LogP contribution in [0.2, 0.25) is 0 Å². The highest BCUT2D eigenvalue weighted by atomic mass is 16.8. The summed E-state index contributed by atoms with van der Waals surface area (Å²) in [7, 11) is 1.84. The summed E-state index contributed by atoms with van der Waals surface area (Å²) < 4.78 is 20.4. The van der Waals surface area contributed by atoms with Gasteiger partial charge in [0.15, 0.2) is 23.5 Å². The molecule has 4 N–H and O–H groups in total. The summed E-state index contributed by atoms with van der Waals surface area (Å²) in [6, 6.07) is 0. The van der Waals surface area contributed by atoms with Crippen LogP contribution < -0.4 is 11.1 Å². The second-order valence-electron chi connectivity index (χ2n) is 8.03. The quantitative estimate of drug-likeness (QED) is 0.570. The van der Waals surface area contributed by atoms with E-state index in [1.807, 2.05) is 32.7 Å². The van der Waals surface area contributed by atoms with Crippen LogP contribution in [0, 0.1) is 0 Å². The lowest BCUT2D eigenvalue weighted by molar-refractivity contribution is -0.198. The number of nitrogens with zero attached hydrogens (tertiary/aromatic N) is 5. The Balaban J connectivity index is 1.61. The van der Waals surface area contributed by atoms with E-state index in [2.05, 4.69) is 20.3 Å². The van der Waals surface area contributed by atoms with Crippen molar-refractivity contribution < 1.29 is 24.1 Å². The first-order chi connectivity index (χ1) is 14.2. The predicted octanol–water partition coefficient (Wildman–Crippen LogP) is 0.762. The smallest absolute Gasteiger partial charge is 0.405 e. The van der Waals surface area contributed by atoms with E-state index < -0.39 is 18.1 Å². The van der Waals surface area contributed by atoms with Gasteiger partial charge in [-0.3, -0.25) is 9.47 Å². The zero-order valence-electron chi connectivity index (χ0n) is 17.3. The monoisotopic (exact) mass is 421 g/mol. The Hall–Kier alpha value is -2.54. The predicted molar refractivity (Wildman–Crippen MR) is 105 cm³/mol. The molecule has 2 aliphatic heterocycles. The van der Waals surface area contributed by atoms with Gasteiger partial charge in [-0.2, -0.15) is 0 Å². The SMILES string of the molecule is CCC(NC(=O)O)N(C)C[C@H]1O[C@@H](n2cnc3c(N)ncnc32)[C@@H]2OC(C)(C)O[C@@H]21. The molecular weight excluding hydrogens is 394 g/mol. The number of amides is 1. The first kappa shape index (κ1) is 20.7. The fourth-order valence-electron chi connectivity index (χ4n) is 4.16. The molecule has 2 saturated heterocycles. The molecule has 12 heteroatoms. The topological polar surface area (TPSA) is 150 Å². The Morgan fingerprint density at radius 1 is 1.37 bits per heavy atom. The molecule has 4 heterocycles. The molecule has 0 radical (unpaired) electrons. The molecule has 1 unspecified atom stereocenters. The van der Waals surface area contributed by atoms with E-state index >= 15 is 0 Å². The van der Waals surface area contributed by atoms with Crippen molar-refractivity contribution in [1.82, 2.24) is 29.7 Å². The van der Waals surface area contributed by atoms with Crippen molar-refractivity contribution in [1.29, 1.82) is 0 Å². The Morgan fingerprint density at radius 3 is 2.80 bits per heavy atom. The van der Waals surface area contributed by atoms with Crippen molar-refractivity contribution in [2.45, 2.75) is 63.7 Å². The molecule has 2 fully saturated rings. The molecule has 164 valence electrons. The molecule has 0 bridgehead atoms. The molecule has 2 aromatic heterocycles.